The molecule has 0 saturated carbocycles. The standard InChI is InChI=1S/C18H12F3NO5/c19-18(20,21)11-4-3-5-12(8-11)26-9-15(23)27-10-22-16(24)13-6-1-2-7-14(13)17(22)25/h1-8H,9-10H2. The van der Waals surface area contributed by atoms with Gasteiger partial charge in [0.05, 0.1) is 16.7 Å². The second-order valence-corrected chi connectivity index (χ2v) is 5.54. The van der Waals surface area contributed by atoms with E-state index < -0.39 is 42.9 Å². The maximum Gasteiger partial charge on any atom is 0.416 e. The number of halogens is 3. The van der Waals surface area contributed by atoms with E-state index in [1.165, 1.54) is 18.2 Å². The molecule has 140 valence electrons. The molecule has 6 nitrogen and oxygen atoms in total. The Bertz CT molecular complexity index is 875. The molecule has 1 aliphatic heterocycles. The normalized spacial score (nSPS) is 13.5. The van der Waals surface area contributed by atoms with E-state index in [-0.39, 0.29) is 16.9 Å². The van der Waals surface area contributed by atoms with Gasteiger partial charge in [-0.05, 0) is 30.3 Å². The van der Waals surface area contributed by atoms with Gasteiger partial charge in [0, 0.05) is 0 Å². The van der Waals surface area contributed by atoms with Crippen LogP contribution in [0.5, 0.6) is 5.75 Å². The van der Waals surface area contributed by atoms with Crippen molar-refractivity contribution in [2.75, 3.05) is 13.3 Å². The number of imide groups is 1. The minimum Gasteiger partial charge on any atom is -0.482 e. The summed E-state index contributed by atoms with van der Waals surface area (Å²) in [7, 11) is 0. The molecule has 0 unspecified atom stereocenters. The molecule has 0 atom stereocenters. The van der Waals surface area contributed by atoms with Crippen LogP contribution < -0.4 is 4.74 Å². The summed E-state index contributed by atoms with van der Waals surface area (Å²) in [5, 5.41) is 0. The van der Waals surface area contributed by atoms with E-state index in [4.69, 9.17) is 9.47 Å². The van der Waals surface area contributed by atoms with Crippen LogP contribution in [0.25, 0.3) is 0 Å². The van der Waals surface area contributed by atoms with Gasteiger partial charge in [-0.25, -0.2) is 9.69 Å². The molecule has 0 saturated heterocycles. The van der Waals surface area contributed by atoms with Crippen LogP contribution in [0.1, 0.15) is 26.3 Å². The van der Waals surface area contributed by atoms with E-state index in [1.54, 1.807) is 12.1 Å². The van der Waals surface area contributed by atoms with Gasteiger partial charge >= 0.3 is 12.1 Å². The minimum atomic E-state index is -4.54. The monoisotopic (exact) mass is 379 g/mol. The Morgan fingerprint density at radius 3 is 2.19 bits per heavy atom. The fourth-order valence-corrected chi connectivity index (χ4v) is 2.44. The number of fused-ring (bicyclic) bond motifs is 1. The number of carbonyl (C=O) groups is 3. The number of esters is 1. The number of nitrogens with zero attached hydrogens (tertiary/aromatic N) is 1. The lowest BCUT2D eigenvalue weighted by atomic mass is 10.1. The molecule has 0 radical (unpaired) electrons. The fourth-order valence-electron chi connectivity index (χ4n) is 2.44. The highest BCUT2D eigenvalue weighted by atomic mass is 19.4. The summed E-state index contributed by atoms with van der Waals surface area (Å²) < 4.78 is 47.7. The van der Waals surface area contributed by atoms with Crippen molar-refractivity contribution in [3.05, 3.63) is 65.2 Å². The largest absolute Gasteiger partial charge is 0.482 e. The van der Waals surface area contributed by atoms with Crippen molar-refractivity contribution in [2.24, 2.45) is 0 Å². The second kappa shape index (κ2) is 7.10. The highest BCUT2D eigenvalue weighted by Crippen LogP contribution is 2.31. The summed E-state index contributed by atoms with van der Waals surface area (Å²) in [6.07, 6.45) is -4.54. The van der Waals surface area contributed by atoms with Gasteiger partial charge in [-0.15, -0.1) is 0 Å². The van der Waals surface area contributed by atoms with Crippen LogP contribution in [0.15, 0.2) is 48.5 Å². The summed E-state index contributed by atoms with van der Waals surface area (Å²) >= 11 is 0. The first kappa shape index (κ1) is 18.4. The lowest BCUT2D eigenvalue weighted by molar-refractivity contribution is -0.148. The van der Waals surface area contributed by atoms with Crippen molar-refractivity contribution in [2.45, 2.75) is 6.18 Å². The highest BCUT2D eigenvalue weighted by molar-refractivity contribution is 6.21. The number of alkyl halides is 3. The quantitative estimate of drug-likeness (QED) is 0.590. The van der Waals surface area contributed by atoms with Gasteiger partial charge in [-0.1, -0.05) is 18.2 Å². The van der Waals surface area contributed by atoms with E-state index in [1.807, 2.05) is 0 Å². The van der Waals surface area contributed by atoms with E-state index in [0.29, 0.717) is 0 Å². The van der Waals surface area contributed by atoms with Crippen molar-refractivity contribution in [1.29, 1.82) is 0 Å². The molecular weight excluding hydrogens is 367 g/mol. The Morgan fingerprint density at radius 2 is 1.59 bits per heavy atom. The van der Waals surface area contributed by atoms with Crippen LogP contribution in [0, 0.1) is 0 Å². The average molecular weight is 379 g/mol. The third-order valence-electron chi connectivity index (χ3n) is 3.75. The highest BCUT2D eigenvalue weighted by Gasteiger charge is 2.35. The number of benzene rings is 2. The van der Waals surface area contributed by atoms with Gasteiger partial charge < -0.3 is 9.47 Å². The summed E-state index contributed by atoms with van der Waals surface area (Å²) in [5.74, 6) is -2.30. The molecule has 2 amide bonds. The number of rotatable bonds is 5. The fraction of sp³-hybridized carbons (Fsp3) is 0.167. The first-order valence-electron chi connectivity index (χ1n) is 7.68. The Hall–Kier alpha value is -3.36. The van der Waals surface area contributed by atoms with E-state index >= 15 is 0 Å². The zero-order valence-electron chi connectivity index (χ0n) is 13.7. The minimum absolute atomic E-state index is 0.164. The number of ether oxygens (including phenoxy) is 2. The van der Waals surface area contributed by atoms with Gasteiger partial charge in [0.25, 0.3) is 11.8 Å². The average Bonchev–Trinajstić information content (AvgIpc) is 2.89. The third-order valence-corrected chi connectivity index (χ3v) is 3.75. The van der Waals surface area contributed by atoms with E-state index in [2.05, 4.69) is 0 Å². The first-order chi connectivity index (χ1) is 12.8. The Kier molecular flexibility index (Phi) is 4.85. The number of amides is 2. The summed E-state index contributed by atoms with van der Waals surface area (Å²) in [4.78, 5) is 36.7. The van der Waals surface area contributed by atoms with Gasteiger partial charge in [-0.2, -0.15) is 13.2 Å². The zero-order valence-corrected chi connectivity index (χ0v) is 13.7. The lowest BCUT2D eigenvalue weighted by Crippen LogP contribution is -2.34. The van der Waals surface area contributed by atoms with Gasteiger partial charge in [0.2, 0.25) is 0 Å². The molecule has 3 rings (SSSR count). The Morgan fingerprint density at radius 1 is 0.963 bits per heavy atom. The smallest absolute Gasteiger partial charge is 0.416 e. The van der Waals surface area contributed by atoms with Crippen LogP contribution in [0.3, 0.4) is 0 Å². The van der Waals surface area contributed by atoms with Gasteiger partial charge in [-0.3, -0.25) is 9.59 Å². The van der Waals surface area contributed by atoms with Crippen molar-refractivity contribution in [3.63, 3.8) is 0 Å². The Balaban J connectivity index is 1.54. The molecule has 1 aliphatic rings. The van der Waals surface area contributed by atoms with Crippen molar-refractivity contribution in [3.8, 4) is 5.75 Å². The predicted molar refractivity (Wildman–Crippen MR) is 84.8 cm³/mol. The molecule has 27 heavy (non-hydrogen) atoms. The maximum absolute atomic E-state index is 12.6. The molecule has 0 bridgehead atoms. The molecule has 0 spiro atoms. The van der Waals surface area contributed by atoms with Crippen LogP contribution in [-0.4, -0.2) is 36.0 Å². The second-order valence-electron chi connectivity index (χ2n) is 5.54. The van der Waals surface area contributed by atoms with Crippen molar-refractivity contribution in [1.82, 2.24) is 4.90 Å². The van der Waals surface area contributed by atoms with Gasteiger partial charge in [0.15, 0.2) is 13.3 Å². The molecule has 0 fully saturated rings. The van der Waals surface area contributed by atoms with E-state index in [0.717, 1.165) is 23.1 Å². The summed E-state index contributed by atoms with van der Waals surface area (Å²) in [6, 6.07) is 10.2. The molecule has 2 aromatic carbocycles. The zero-order chi connectivity index (χ0) is 19.6. The third kappa shape index (κ3) is 3.91. The summed E-state index contributed by atoms with van der Waals surface area (Å²) in [5.41, 5.74) is -0.503. The number of hydrogen-bond acceptors (Lipinski definition) is 5. The first-order valence-corrected chi connectivity index (χ1v) is 7.68. The number of carbonyl (C=O) groups excluding carboxylic acids is 3. The van der Waals surface area contributed by atoms with Crippen molar-refractivity contribution >= 4 is 17.8 Å². The van der Waals surface area contributed by atoms with Crippen LogP contribution in [0.2, 0.25) is 0 Å². The summed E-state index contributed by atoms with van der Waals surface area (Å²) in [6.45, 7) is -1.29. The molecule has 9 heteroatoms. The van der Waals surface area contributed by atoms with E-state index in [9.17, 15) is 27.6 Å². The molecular formula is C18H12F3NO5. The van der Waals surface area contributed by atoms with Crippen LogP contribution >= 0.6 is 0 Å². The van der Waals surface area contributed by atoms with Crippen LogP contribution in [-0.2, 0) is 15.7 Å². The maximum atomic E-state index is 12.6. The topological polar surface area (TPSA) is 72.9 Å². The lowest BCUT2D eigenvalue weighted by Gasteiger charge is -2.14. The molecule has 0 aliphatic carbocycles. The van der Waals surface area contributed by atoms with Crippen molar-refractivity contribution < 1.29 is 37.0 Å². The number of hydrogen-bond donors (Lipinski definition) is 0. The molecule has 2 aromatic rings. The molecule has 0 aromatic heterocycles. The van der Waals surface area contributed by atoms with Gasteiger partial charge in [0.1, 0.15) is 5.75 Å². The molecule has 0 N–H and O–H groups in total. The van der Waals surface area contributed by atoms with Crippen LogP contribution in [0.4, 0.5) is 13.2 Å². The predicted octanol–water partition coefficient (Wildman–Crippen LogP) is 2.88. The Labute approximate surface area is 151 Å². The SMILES string of the molecule is O=C(COc1cccc(C(F)(F)F)c1)OCN1C(=O)c2ccccc2C1=O. The molecule has 1 heterocycles.